The van der Waals surface area contributed by atoms with E-state index in [1.807, 2.05) is 6.92 Å². The smallest absolute Gasteiger partial charge is 0.134 e. The summed E-state index contributed by atoms with van der Waals surface area (Å²) >= 11 is 0. The van der Waals surface area contributed by atoms with Gasteiger partial charge in [-0.15, -0.1) is 0 Å². The van der Waals surface area contributed by atoms with Crippen LogP contribution in [0.4, 0.5) is 11.6 Å². The molecular formula is C13H21N5O. The first-order valence-corrected chi connectivity index (χ1v) is 6.97. The highest BCUT2D eigenvalue weighted by molar-refractivity contribution is 5.50. The third-order valence-corrected chi connectivity index (χ3v) is 3.57. The molecule has 2 aliphatic heterocycles. The van der Waals surface area contributed by atoms with E-state index in [0.717, 1.165) is 63.3 Å². The van der Waals surface area contributed by atoms with E-state index in [-0.39, 0.29) is 0 Å². The minimum atomic E-state index is 0.479. The van der Waals surface area contributed by atoms with Crippen molar-refractivity contribution in [3.8, 4) is 0 Å². The Bertz CT molecular complexity index is 427. The molecule has 0 bridgehead atoms. The molecule has 2 aliphatic rings. The normalized spacial score (nSPS) is 23.6. The molecule has 0 amide bonds. The molecule has 0 spiro atoms. The number of morpholine rings is 1. The predicted molar refractivity (Wildman–Crippen MR) is 74.7 cm³/mol. The highest BCUT2D eigenvalue weighted by Crippen LogP contribution is 2.18. The van der Waals surface area contributed by atoms with Gasteiger partial charge in [0.25, 0.3) is 0 Å². The summed E-state index contributed by atoms with van der Waals surface area (Å²) in [5, 5.41) is 6.84. The summed E-state index contributed by atoms with van der Waals surface area (Å²) in [5.41, 5.74) is 0. The van der Waals surface area contributed by atoms with Crippen LogP contribution in [0.3, 0.4) is 0 Å². The van der Waals surface area contributed by atoms with Gasteiger partial charge >= 0.3 is 0 Å². The standard InChI is InChI=1S/C13H21N5O/c1-10-15-12(17-11-2-3-14-9-11)8-13(16-10)18-4-6-19-7-5-18/h8,11,14H,2-7,9H2,1H3,(H,15,16,17). The van der Waals surface area contributed by atoms with Crippen molar-refractivity contribution in [1.82, 2.24) is 15.3 Å². The molecular weight excluding hydrogens is 242 g/mol. The zero-order valence-electron chi connectivity index (χ0n) is 11.4. The van der Waals surface area contributed by atoms with Crippen molar-refractivity contribution in [3.05, 3.63) is 11.9 Å². The van der Waals surface area contributed by atoms with Gasteiger partial charge in [0.15, 0.2) is 0 Å². The van der Waals surface area contributed by atoms with Crippen LogP contribution in [0.5, 0.6) is 0 Å². The van der Waals surface area contributed by atoms with E-state index in [9.17, 15) is 0 Å². The summed E-state index contributed by atoms with van der Waals surface area (Å²) in [7, 11) is 0. The summed E-state index contributed by atoms with van der Waals surface area (Å²) in [6.07, 6.45) is 1.15. The number of hydrogen-bond donors (Lipinski definition) is 2. The molecule has 1 aromatic rings. The monoisotopic (exact) mass is 263 g/mol. The number of anilines is 2. The number of aromatic nitrogens is 2. The molecule has 1 aromatic heterocycles. The number of ether oxygens (including phenoxy) is 1. The van der Waals surface area contributed by atoms with E-state index in [2.05, 4.69) is 31.6 Å². The van der Waals surface area contributed by atoms with Crippen molar-refractivity contribution in [1.29, 1.82) is 0 Å². The van der Waals surface area contributed by atoms with Gasteiger partial charge < -0.3 is 20.3 Å². The summed E-state index contributed by atoms with van der Waals surface area (Å²) in [5.74, 6) is 2.75. The Balaban J connectivity index is 1.74. The van der Waals surface area contributed by atoms with Gasteiger partial charge in [0.1, 0.15) is 17.5 Å². The zero-order valence-corrected chi connectivity index (χ0v) is 11.4. The van der Waals surface area contributed by atoms with Crippen LogP contribution in [-0.2, 0) is 4.74 Å². The summed E-state index contributed by atoms with van der Waals surface area (Å²) in [6, 6.07) is 2.53. The Labute approximate surface area is 113 Å². The van der Waals surface area contributed by atoms with Gasteiger partial charge in [-0.1, -0.05) is 0 Å². The number of rotatable bonds is 3. The Morgan fingerprint density at radius 1 is 1.37 bits per heavy atom. The molecule has 0 radical (unpaired) electrons. The van der Waals surface area contributed by atoms with Crippen LogP contribution in [-0.4, -0.2) is 55.4 Å². The molecule has 0 aliphatic carbocycles. The Kier molecular flexibility index (Phi) is 3.79. The molecule has 6 nitrogen and oxygen atoms in total. The molecule has 0 aromatic carbocycles. The second kappa shape index (κ2) is 5.71. The Morgan fingerprint density at radius 3 is 2.95 bits per heavy atom. The largest absolute Gasteiger partial charge is 0.378 e. The lowest BCUT2D eigenvalue weighted by molar-refractivity contribution is 0.122. The fourth-order valence-corrected chi connectivity index (χ4v) is 2.57. The van der Waals surface area contributed by atoms with Gasteiger partial charge in [-0.3, -0.25) is 0 Å². The van der Waals surface area contributed by atoms with Gasteiger partial charge in [-0.25, -0.2) is 9.97 Å². The zero-order chi connectivity index (χ0) is 13.1. The molecule has 1 atom stereocenters. The molecule has 3 rings (SSSR count). The summed E-state index contributed by atoms with van der Waals surface area (Å²) in [4.78, 5) is 11.3. The maximum Gasteiger partial charge on any atom is 0.134 e. The number of nitrogens with zero attached hydrogens (tertiary/aromatic N) is 3. The molecule has 2 fully saturated rings. The lowest BCUT2D eigenvalue weighted by Crippen LogP contribution is -2.37. The second-order valence-corrected chi connectivity index (χ2v) is 5.09. The molecule has 3 heterocycles. The van der Waals surface area contributed by atoms with Crippen molar-refractivity contribution in [2.24, 2.45) is 0 Å². The molecule has 6 heteroatoms. The average Bonchev–Trinajstić information content (AvgIpc) is 2.92. The van der Waals surface area contributed by atoms with Crippen molar-refractivity contribution in [3.63, 3.8) is 0 Å². The van der Waals surface area contributed by atoms with Crippen molar-refractivity contribution in [2.75, 3.05) is 49.6 Å². The molecule has 19 heavy (non-hydrogen) atoms. The van der Waals surface area contributed by atoms with Gasteiger partial charge in [0, 0.05) is 31.7 Å². The lowest BCUT2D eigenvalue weighted by Gasteiger charge is -2.28. The first kappa shape index (κ1) is 12.6. The van der Waals surface area contributed by atoms with Crippen LogP contribution in [0.1, 0.15) is 12.2 Å². The highest BCUT2D eigenvalue weighted by atomic mass is 16.5. The summed E-state index contributed by atoms with van der Waals surface area (Å²) in [6.45, 7) is 7.40. The van der Waals surface area contributed by atoms with Crippen molar-refractivity contribution >= 4 is 11.6 Å². The average molecular weight is 263 g/mol. The lowest BCUT2D eigenvalue weighted by atomic mass is 10.2. The van der Waals surface area contributed by atoms with Crippen LogP contribution in [0, 0.1) is 6.92 Å². The maximum absolute atomic E-state index is 5.38. The second-order valence-electron chi connectivity index (χ2n) is 5.09. The van der Waals surface area contributed by atoms with E-state index in [1.165, 1.54) is 0 Å². The quantitative estimate of drug-likeness (QED) is 0.823. The maximum atomic E-state index is 5.38. The van der Waals surface area contributed by atoms with Gasteiger partial charge in [-0.05, 0) is 19.9 Å². The van der Waals surface area contributed by atoms with Crippen molar-refractivity contribution < 1.29 is 4.74 Å². The topological polar surface area (TPSA) is 62.3 Å². The number of aryl methyl sites for hydroxylation is 1. The Hall–Kier alpha value is -1.40. The molecule has 0 saturated carbocycles. The van der Waals surface area contributed by atoms with Gasteiger partial charge in [0.05, 0.1) is 13.2 Å². The van der Waals surface area contributed by atoms with Crippen LogP contribution in [0.25, 0.3) is 0 Å². The Morgan fingerprint density at radius 2 is 2.21 bits per heavy atom. The third kappa shape index (κ3) is 3.13. The molecule has 2 N–H and O–H groups in total. The van der Waals surface area contributed by atoms with Crippen LogP contribution < -0.4 is 15.5 Å². The van der Waals surface area contributed by atoms with Crippen molar-refractivity contribution in [2.45, 2.75) is 19.4 Å². The van der Waals surface area contributed by atoms with E-state index in [1.54, 1.807) is 0 Å². The van der Waals surface area contributed by atoms with E-state index >= 15 is 0 Å². The van der Waals surface area contributed by atoms with Crippen LogP contribution in [0.2, 0.25) is 0 Å². The first-order valence-electron chi connectivity index (χ1n) is 6.97. The fourth-order valence-electron chi connectivity index (χ4n) is 2.57. The van der Waals surface area contributed by atoms with Gasteiger partial charge in [0.2, 0.25) is 0 Å². The number of nitrogens with one attached hydrogen (secondary N) is 2. The SMILES string of the molecule is Cc1nc(NC2CCNC2)cc(N2CCOCC2)n1. The molecule has 104 valence electrons. The highest BCUT2D eigenvalue weighted by Gasteiger charge is 2.17. The van der Waals surface area contributed by atoms with Gasteiger partial charge in [-0.2, -0.15) is 0 Å². The minimum Gasteiger partial charge on any atom is -0.378 e. The molecule has 2 saturated heterocycles. The first-order chi connectivity index (χ1) is 9.31. The predicted octanol–water partition coefficient (Wildman–Crippen LogP) is 0.395. The van der Waals surface area contributed by atoms with Crippen LogP contribution >= 0.6 is 0 Å². The fraction of sp³-hybridized carbons (Fsp3) is 0.692. The summed E-state index contributed by atoms with van der Waals surface area (Å²) < 4.78 is 5.38. The van der Waals surface area contributed by atoms with E-state index < -0.39 is 0 Å². The van der Waals surface area contributed by atoms with E-state index in [0.29, 0.717) is 6.04 Å². The minimum absolute atomic E-state index is 0.479. The number of hydrogen-bond acceptors (Lipinski definition) is 6. The third-order valence-electron chi connectivity index (χ3n) is 3.57. The van der Waals surface area contributed by atoms with E-state index in [4.69, 9.17) is 4.74 Å². The molecule has 1 unspecified atom stereocenters. The van der Waals surface area contributed by atoms with Crippen LogP contribution in [0.15, 0.2) is 6.07 Å².